The van der Waals surface area contributed by atoms with Gasteiger partial charge in [0.15, 0.2) is 0 Å². The van der Waals surface area contributed by atoms with Gasteiger partial charge in [0.1, 0.15) is 0 Å². The third-order valence-corrected chi connectivity index (χ3v) is 13.7. The molecule has 0 saturated heterocycles. The molecular weight excluding hydrogens is 763 g/mol. The zero-order valence-corrected chi connectivity index (χ0v) is 34.3. The number of fused-ring (bicyclic) bond motifs is 15. The van der Waals surface area contributed by atoms with Crippen LogP contribution in [0.4, 0.5) is 0 Å². The Balaban J connectivity index is 0.866. The molecule has 292 valence electrons. The van der Waals surface area contributed by atoms with E-state index in [0.29, 0.717) is 0 Å². The molecule has 1 aliphatic carbocycles. The number of aromatic nitrogens is 3. The average molecular weight is 800 g/mol. The number of hydrogen-bond donors (Lipinski definition) is 0. The van der Waals surface area contributed by atoms with Crippen LogP contribution in [-0.2, 0) is 6.42 Å². The van der Waals surface area contributed by atoms with Gasteiger partial charge in [-0.15, -0.1) is 0 Å². The van der Waals surface area contributed by atoms with E-state index < -0.39 is 0 Å². The molecule has 0 atom stereocenters. The van der Waals surface area contributed by atoms with Crippen molar-refractivity contribution in [2.24, 2.45) is 0 Å². The Morgan fingerprint density at radius 3 is 1.46 bits per heavy atom. The molecule has 10 aromatic carbocycles. The van der Waals surface area contributed by atoms with Crippen molar-refractivity contribution in [2.75, 3.05) is 0 Å². The molecule has 0 N–H and O–H groups in total. The Labute approximate surface area is 363 Å². The Kier molecular flexibility index (Phi) is 7.17. The third kappa shape index (κ3) is 5.05. The summed E-state index contributed by atoms with van der Waals surface area (Å²) in [5, 5.41) is 12.8. The summed E-state index contributed by atoms with van der Waals surface area (Å²) in [5.41, 5.74) is 16.8. The molecule has 0 bridgehead atoms. The quantitative estimate of drug-likeness (QED) is 0.163. The highest BCUT2D eigenvalue weighted by Gasteiger charge is 2.23. The predicted octanol–water partition coefficient (Wildman–Crippen LogP) is 15.6. The number of benzene rings is 10. The lowest BCUT2D eigenvalue weighted by atomic mass is 9.91. The molecule has 0 spiro atoms. The summed E-state index contributed by atoms with van der Waals surface area (Å²) in [6.45, 7) is 0. The van der Waals surface area contributed by atoms with E-state index in [1.54, 1.807) is 0 Å². The second-order valence-electron chi connectivity index (χ2n) is 17.1. The van der Waals surface area contributed by atoms with Crippen molar-refractivity contribution in [3.8, 4) is 44.9 Å². The Morgan fingerprint density at radius 1 is 0.302 bits per heavy atom. The predicted molar refractivity (Wildman–Crippen MR) is 265 cm³/mol. The van der Waals surface area contributed by atoms with Crippen molar-refractivity contribution in [1.82, 2.24) is 14.1 Å². The van der Waals surface area contributed by atoms with E-state index in [1.807, 2.05) is 0 Å². The summed E-state index contributed by atoms with van der Waals surface area (Å²) in [5.74, 6) is 0. The molecule has 1 aliphatic rings. The van der Waals surface area contributed by atoms with Crippen molar-refractivity contribution in [2.45, 2.75) is 6.42 Å². The van der Waals surface area contributed by atoms with Crippen LogP contribution in [0.3, 0.4) is 0 Å². The molecule has 63 heavy (non-hydrogen) atoms. The summed E-state index contributed by atoms with van der Waals surface area (Å²) < 4.78 is 4.86. The van der Waals surface area contributed by atoms with E-state index in [4.69, 9.17) is 4.98 Å². The fraction of sp³-hybridized carbons (Fsp3) is 0.0167. The second-order valence-corrected chi connectivity index (χ2v) is 17.1. The molecule has 13 aromatic rings. The van der Waals surface area contributed by atoms with Crippen LogP contribution in [0.1, 0.15) is 11.1 Å². The summed E-state index contributed by atoms with van der Waals surface area (Å²) in [7, 11) is 0. The first-order valence-electron chi connectivity index (χ1n) is 21.8. The number of pyridine rings is 1. The molecule has 0 radical (unpaired) electrons. The zero-order valence-electron chi connectivity index (χ0n) is 34.3. The lowest BCUT2D eigenvalue weighted by molar-refractivity contribution is 1.16. The first-order chi connectivity index (χ1) is 31.2. The monoisotopic (exact) mass is 799 g/mol. The van der Waals surface area contributed by atoms with Gasteiger partial charge in [0.25, 0.3) is 0 Å². The van der Waals surface area contributed by atoms with E-state index in [2.05, 4.69) is 222 Å². The van der Waals surface area contributed by atoms with Gasteiger partial charge in [-0.25, -0.2) is 0 Å². The Hall–Kier alpha value is -8.27. The highest BCUT2D eigenvalue weighted by molar-refractivity contribution is 6.25. The number of rotatable bonds is 4. The van der Waals surface area contributed by atoms with Crippen molar-refractivity contribution in [3.05, 3.63) is 224 Å². The van der Waals surface area contributed by atoms with Crippen LogP contribution in [0.15, 0.2) is 212 Å². The van der Waals surface area contributed by atoms with Gasteiger partial charge < -0.3 is 9.13 Å². The van der Waals surface area contributed by atoms with Gasteiger partial charge >= 0.3 is 0 Å². The number of nitrogens with zero attached hydrogens (tertiary/aromatic N) is 3. The summed E-state index contributed by atoms with van der Waals surface area (Å²) in [4.78, 5) is 5.08. The lowest BCUT2D eigenvalue weighted by Crippen LogP contribution is -1.96. The first-order valence-corrected chi connectivity index (χ1v) is 21.8. The molecule has 0 aliphatic heterocycles. The molecule has 0 unspecified atom stereocenters. The maximum absolute atomic E-state index is 5.08. The van der Waals surface area contributed by atoms with E-state index in [1.165, 1.54) is 109 Å². The molecule has 3 heteroatoms. The topological polar surface area (TPSA) is 22.8 Å². The smallest absolute Gasteiger partial charge is 0.0708 e. The minimum Gasteiger partial charge on any atom is -0.309 e. The van der Waals surface area contributed by atoms with Crippen LogP contribution >= 0.6 is 0 Å². The van der Waals surface area contributed by atoms with Crippen molar-refractivity contribution in [1.29, 1.82) is 0 Å². The van der Waals surface area contributed by atoms with E-state index in [9.17, 15) is 0 Å². The van der Waals surface area contributed by atoms with Crippen molar-refractivity contribution >= 4 is 75.9 Å². The molecule has 0 fully saturated rings. The van der Waals surface area contributed by atoms with Gasteiger partial charge in [0.05, 0.1) is 27.8 Å². The molecule has 3 aromatic heterocycles. The molecule has 14 rings (SSSR count). The molecule has 0 saturated carbocycles. The standard InChI is InChI=1S/C60H37N3/c1-2-16-46-44(14-1)45-15-3-4-17-47(45)54-32-38(25-28-48(46)54)37-12-11-13-40(30-37)56-35-53-41(36-61-56)31-39-24-26-42(33-52(39)53)63-59-23-10-7-20-51(59)55-34-43(27-29-60(55)63)62-57-21-8-5-18-49(57)50-19-6-9-22-58(50)62/h1-30,32-36H,31H2. The zero-order chi connectivity index (χ0) is 41.2. The van der Waals surface area contributed by atoms with Gasteiger partial charge in [-0.1, -0.05) is 140 Å². The second kappa shape index (κ2) is 13.1. The van der Waals surface area contributed by atoms with E-state index in [-0.39, 0.29) is 0 Å². The van der Waals surface area contributed by atoms with Crippen LogP contribution in [0, 0.1) is 0 Å². The molecule has 3 heterocycles. The van der Waals surface area contributed by atoms with Crippen LogP contribution in [0.25, 0.3) is 121 Å². The average Bonchev–Trinajstić information content (AvgIpc) is 4.01. The highest BCUT2D eigenvalue weighted by Crippen LogP contribution is 2.43. The van der Waals surface area contributed by atoms with Crippen molar-refractivity contribution < 1.29 is 0 Å². The lowest BCUT2D eigenvalue weighted by Gasteiger charge is -2.13. The fourth-order valence-electron chi connectivity index (χ4n) is 10.9. The van der Waals surface area contributed by atoms with Crippen LogP contribution in [0.2, 0.25) is 0 Å². The largest absolute Gasteiger partial charge is 0.309 e. The molecule has 0 amide bonds. The SMILES string of the molecule is c1cc(-c2ccc3c4ccccc4c4ccccc4c3c2)cc(-c2cc3c(cn2)Cc2ccc(-n4c5ccccc5c5cc(-n6c7ccccc7c7ccccc76)ccc54)cc2-3)c1. The fourth-order valence-corrected chi connectivity index (χ4v) is 10.9. The number of para-hydroxylation sites is 3. The van der Waals surface area contributed by atoms with Crippen LogP contribution < -0.4 is 0 Å². The third-order valence-electron chi connectivity index (χ3n) is 13.7. The van der Waals surface area contributed by atoms with Crippen LogP contribution in [-0.4, -0.2) is 14.1 Å². The maximum Gasteiger partial charge on any atom is 0.0708 e. The Morgan fingerprint density at radius 2 is 0.794 bits per heavy atom. The minimum atomic E-state index is 0.882. The van der Waals surface area contributed by atoms with Crippen LogP contribution in [0.5, 0.6) is 0 Å². The highest BCUT2D eigenvalue weighted by atomic mass is 15.0. The van der Waals surface area contributed by atoms with Gasteiger partial charge in [-0.2, -0.15) is 0 Å². The van der Waals surface area contributed by atoms with Gasteiger partial charge in [-0.05, 0) is 132 Å². The van der Waals surface area contributed by atoms with Gasteiger partial charge in [0, 0.05) is 51.1 Å². The normalized spacial score (nSPS) is 12.4. The summed E-state index contributed by atoms with van der Waals surface area (Å²) in [6.07, 6.45) is 2.98. The maximum atomic E-state index is 5.08. The van der Waals surface area contributed by atoms with Gasteiger partial charge in [-0.3, -0.25) is 4.98 Å². The first kappa shape index (κ1) is 34.4. The minimum absolute atomic E-state index is 0.882. The molecular formula is C60H37N3. The van der Waals surface area contributed by atoms with E-state index >= 15 is 0 Å². The molecule has 3 nitrogen and oxygen atoms in total. The van der Waals surface area contributed by atoms with Crippen molar-refractivity contribution in [3.63, 3.8) is 0 Å². The van der Waals surface area contributed by atoms with Gasteiger partial charge in [0.2, 0.25) is 0 Å². The number of hydrogen-bond acceptors (Lipinski definition) is 1. The Bertz CT molecular complexity index is 3980. The summed E-state index contributed by atoms with van der Waals surface area (Å²) >= 11 is 0. The summed E-state index contributed by atoms with van der Waals surface area (Å²) in [6, 6.07) is 76.0. The van der Waals surface area contributed by atoms with E-state index in [0.717, 1.165) is 29.1 Å².